The van der Waals surface area contributed by atoms with Crippen molar-refractivity contribution in [3.8, 4) is 11.8 Å². The second-order valence-corrected chi connectivity index (χ2v) is 13.9. The van der Waals surface area contributed by atoms with Crippen LogP contribution in [0, 0.1) is 17.2 Å². The van der Waals surface area contributed by atoms with Crippen LogP contribution in [0.3, 0.4) is 0 Å². The van der Waals surface area contributed by atoms with E-state index in [1.165, 1.54) is 29.8 Å². The summed E-state index contributed by atoms with van der Waals surface area (Å²) in [6.07, 6.45) is -1.38. The predicted molar refractivity (Wildman–Crippen MR) is 180 cm³/mol. The molecule has 17 heteroatoms. The maximum atomic E-state index is 14.5. The number of aromatic nitrogens is 2. The molecule has 16 nitrogen and oxygen atoms in total. The minimum Gasteiger partial charge on any atom is -0.464 e. The van der Waals surface area contributed by atoms with Gasteiger partial charge in [-0.15, -0.1) is 0 Å². The summed E-state index contributed by atoms with van der Waals surface area (Å²) in [6, 6.07) is 13.8. The number of nitriles is 1. The molecule has 0 amide bonds. The summed E-state index contributed by atoms with van der Waals surface area (Å²) in [7, 11) is -4.55. The Bertz CT molecular complexity index is 1780. The van der Waals surface area contributed by atoms with Crippen molar-refractivity contribution < 1.29 is 51.7 Å². The average Bonchev–Trinajstić information content (AvgIpc) is 3.70. The molecule has 2 aliphatic heterocycles. The van der Waals surface area contributed by atoms with Crippen molar-refractivity contribution in [3.63, 3.8) is 0 Å². The monoisotopic (exact) mass is 727 g/mol. The minimum atomic E-state index is -4.55. The fourth-order valence-electron chi connectivity index (χ4n) is 5.69. The molecular formula is C34H42N5O11P. The number of hydrogen-bond acceptors (Lipinski definition) is 14. The van der Waals surface area contributed by atoms with Gasteiger partial charge in [-0.2, -0.15) is 15.4 Å². The van der Waals surface area contributed by atoms with Crippen LogP contribution in [0.1, 0.15) is 58.3 Å². The lowest BCUT2D eigenvalue weighted by Gasteiger charge is -2.30. The van der Waals surface area contributed by atoms with Gasteiger partial charge >= 0.3 is 25.7 Å². The summed E-state index contributed by atoms with van der Waals surface area (Å²) in [5.74, 6) is -1.85. The van der Waals surface area contributed by atoms with E-state index in [9.17, 15) is 24.2 Å². The van der Waals surface area contributed by atoms with Crippen LogP contribution in [0.4, 0.5) is 5.69 Å². The molecule has 0 radical (unpaired) electrons. The van der Waals surface area contributed by atoms with E-state index in [-0.39, 0.29) is 31.1 Å². The van der Waals surface area contributed by atoms with Crippen LogP contribution < -0.4 is 15.3 Å². The van der Waals surface area contributed by atoms with Gasteiger partial charge in [-0.25, -0.2) is 9.08 Å². The van der Waals surface area contributed by atoms with Gasteiger partial charge in [0.05, 0.1) is 23.5 Å². The maximum absolute atomic E-state index is 14.5. The van der Waals surface area contributed by atoms with Crippen LogP contribution >= 0.6 is 7.75 Å². The number of fused-ring (bicyclic) bond motifs is 1. The first kappa shape index (κ1) is 37.7. The molecular weight excluding hydrogens is 685 g/mol. The number of esters is 3. The molecule has 2 aliphatic rings. The van der Waals surface area contributed by atoms with Crippen molar-refractivity contribution in [2.24, 2.45) is 5.92 Å². The minimum absolute atomic E-state index is 0.0413. The standard InChI is InChI=1S/C34H42N5O11P/c1-4-28(40)47-31-30(27-12-11-26-25(36)13-16-37-39(26)27)49-34(20-35,32(31)48-29(41)5-2)21-46-51(43,50-24-9-7-6-8-10-24)38-22(3)33(42)45-19-23-14-17-44-18-15-23/h6-13,16,22-23,30-32H,4-5,14-15,17-19,21,36H2,1-3H3,(H,38,43)/t22-,30-,31-,32-,34+,51+/m0/s1. The topological polar surface area (TPSA) is 212 Å². The van der Waals surface area contributed by atoms with Crippen LogP contribution in [0.25, 0.3) is 5.52 Å². The third kappa shape index (κ3) is 8.87. The number of nitrogens with two attached hydrogens (primary N) is 1. The van der Waals surface area contributed by atoms with E-state index in [2.05, 4.69) is 10.2 Å². The lowest BCUT2D eigenvalue weighted by molar-refractivity contribution is -0.169. The summed E-state index contributed by atoms with van der Waals surface area (Å²) in [4.78, 5) is 38.6. The number of carbonyl (C=O) groups excluding carboxylic acids is 3. The second-order valence-electron chi connectivity index (χ2n) is 12.2. The van der Waals surface area contributed by atoms with Crippen molar-refractivity contribution in [2.45, 2.75) is 76.4 Å². The van der Waals surface area contributed by atoms with Gasteiger partial charge in [0, 0.05) is 32.3 Å². The van der Waals surface area contributed by atoms with Crippen LogP contribution in [0.5, 0.6) is 5.75 Å². The summed E-state index contributed by atoms with van der Waals surface area (Å²) < 4.78 is 56.4. The molecule has 2 saturated heterocycles. The molecule has 4 heterocycles. The van der Waals surface area contributed by atoms with E-state index < -0.39 is 62.2 Å². The maximum Gasteiger partial charge on any atom is 0.459 e. The fraction of sp³-hybridized carbons (Fsp3) is 0.500. The SMILES string of the molecule is CCC(=O)O[C@H]1[C@H](c2ccc3c(N)ccnn23)O[C@](C#N)(CO[P@](=O)(N[C@@H](C)C(=O)OCC2CCOCC2)Oc2ccccc2)[C@H]1OC(=O)CC. The largest absolute Gasteiger partial charge is 0.464 e. The van der Waals surface area contributed by atoms with E-state index in [0.29, 0.717) is 30.1 Å². The molecule has 0 saturated carbocycles. The Morgan fingerprint density at radius 1 is 1.10 bits per heavy atom. The van der Waals surface area contributed by atoms with Crippen LogP contribution in [0.2, 0.25) is 0 Å². The van der Waals surface area contributed by atoms with Gasteiger partial charge in [-0.3, -0.25) is 18.9 Å². The second kappa shape index (κ2) is 16.7. The van der Waals surface area contributed by atoms with Crippen molar-refractivity contribution in [2.75, 3.05) is 32.2 Å². The Morgan fingerprint density at radius 2 is 1.80 bits per heavy atom. The number of ether oxygens (including phenoxy) is 5. The third-order valence-electron chi connectivity index (χ3n) is 8.52. The first-order valence-corrected chi connectivity index (χ1v) is 18.3. The number of anilines is 1. The predicted octanol–water partition coefficient (Wildman–Crippen LogP) is 4.05. The summed E-state index contributed by atoms with van der Waals surface area (Å²) in [5.41, 5.74) is 5.16. The summed E-state index contributed by atoms with van der Waals surface area (Å²) in [6.45, 7) is 5.03. The highest BCUT2D eigenvalue weighted by molar-refractivity contribution is 7.52. The zero-order valence-corrected chi connectivity index (χ0v) is 29.5. The molecule has 1 aromatic carbocycles. The number of nitrogen functional groups attached to an aromatic ring is 1. The average molecular weight is 728 g/mol. The van der Waals surface area contributed by atoms with Gasteiger partial charge in [-0.1, -0.05) is 32.0 Å². The summed E-state index contributed by atoms with van der Waals surface area (Å²) >= 11 is 0. The fourth-order valence-corrected chi connectivity index (χ4v) is 7.21. The van der Waals surface area contributed by atoms with Crippen LogP contribution in [-0.4, -0.2) is 77.8 Å². The van der Waals surface area contributed by atoms with Gasteiger partial charge < -0.3 is 33.9 Å². The lowest BCUT2D eigenvalue weighted by Crippen LogP contribution is -2.49. The number of benzene rings is 1. The van der Waals surface area contributed by atoms with E-state index in [0.717, 1.165) is 12.8 Å². The Kier molecular flexibility index (Phi) is 12.3. The van der Waals surface area contributed by atoms with Gasteiger partial charge in [0.1, 0.15) is 30.6 Å². The molecule has 2 aromatic heterocycles. The number of hydrogen-bond donors (Lipinski definition) is 2. The Morgan fingerprint density at radius 3 is 2.49 bits per heavy atom. The normalized spacial score (nSPS) is 23.8. The molecule has 0 bridgehead atoms. The van der Waals surface area contributed by atoms with Crippen molar-refractivity contribution >= 4 is 36.9 Å². The lowest BCUT2D eigenvalue weighted by atomic mass is 9.95. The molecule has 6 atom stereocenters. The molecule has 5 rings (SSSR count). The molecule has 0 unspecified atom stereocenters. The number of rotatable bonds is 15. The number of nitrogens with one attached hydrogen (secondary N) is 1. The number of nitrogens with zero attached hydrogens (tertiary/aromatic N) is 3. The molecule has 51 heavy (non-hydrogen) atoms. The van der Waals surface area contributed by atoms with Crippen molar-refractivity contribution in [3.05, 3.63) is 60.4 Å². The number of carbonyl (C=O) groups is 3. The van der Waals surface area contributed by atoms with Gasteiger partial charge in [0.2, 0.25) is 5.60 Å². The van der Waals surface area contributed by atoms with Crippen molar-refractivity contribution in [1.82, 2.24) is 14.7 Å². The summed E-state index contributed by atoms with van der Waals surface area (Å²) in [5, 5.41) is 17.7. The Hall–Kier alpha value is -4.52. The zero-order valence-electron chi connectivity index (χ0n) is 28.6. The van der Waals surface area contributed by atoms with E-state index in [1.807, 2.05) is 6.07 Å². The molecule has 0 aliphatic carbocycles. The quantitative estimate of drug-likeness (QED) is 0.128. The highest BCUT2D eigenvalue weighted by atomic mass is 31.2. The molecule has 0 spiro atoms. The highest BCUT2D eigenvalue weighted by Crippen LogP contribution is 2.50. The molecule has 3 N–H and O–H groups in total. The molecule has 274 valence electrons. The first-order chi connectivity index (χ1) is 24.5. The van der Waals surface area contributed by atoms with Gasteiger partial charge in [0.25, 0.3) is 0 Å². The van der Waals surface area contributed by atoms with Crippen LogP contribution in [-0.2, 0) is 47.2 Å². The van der Waals surface area contributed by atoms with E-state index >= 15 is 0 Å². The third-order valence-corrected chi connectivity index (χ3v) is 10.1. The van der Waals surface area contributed by atoms with E-state index in [4.69, 9.17) is 38.5 Å². The Labute approximate surface area is 295 Å². The van der Waals surface area contributed by atoms with E-state index in [1.54, 1.807) is 50.2 Å². The van der Waals surface area contributed by atoms with Crippen molar-refractivity contribution in [1.29, 1.82) is 5.26 Å². The smallest absolute Gasteiger partial charge is 0.459 e. The highest BCUT2D eigenvalue weighted by Gasteiger charge is 2.62. The number of para-hydroxylation sites is 1. The molecule has 3 aromatic rings. The first-order valence-electron chi connectivity index (χ1n) is 16.7. The van der Waals surface area contributed by atoms with Gasteiger partial charge in [-0.05, 0) is 56.0 Å². The van der Waals surface area contributed by atoms with Crippen LogP contribution in [0.15, 0.2) is 54.7 Å². The van der Waals surface area contributed by atoms with Gasteiger partial charge in [0.15, 0.2) is 12.2 Å². The Balaban J connectivity index is 1.47. The molecule has 2 fully saturated rings. The zero-order chi connectivity index (χ0) is 36.6.